The number of hydrogen-bond acceptors (Lipinski definition) is 5. The number of halogens is 1. The number of nitrogens with one attached hydrogen (secondary N) is 2. The van der Waals surface area contributed by atoms with Crippen molar-refractivity contribution < 1.29 is 28.2 Å². The van der Waals surface area contributed by atoms with E-state index in [1.165, 1.54) is 39.3 Å². The van der Waals surface area contributed by atoms with E-state index >= 15 is 0 Å². The second-order valence-corrected chi connectivity index (χ2v) is 6.69. The van der Waals surface area contributed by atoms with Crippen molar-refractivity contribution >= 4 is 17.8 Å². The molecule has 160 valence electrons. The van der Waals surface area contributed by atoms with Gasteiger partial charge in [0.1, 0.15) is 23.7 Å². The van der Waals surface area contributed by atoms with Crippen LogP contribution in [0, 0.1) is 5.82 Å². The Balaban J connectivity index is 2.19. The smallest absolute Gasteiger partial charge is 0.328 e. The highest BCUT2D eigenvalue weighted by atomic mass is 19.1. The molecule has 2 rings (SSSR count). The molecule has 0 saturated carbocycles. The zero-order valence-corrected chi connectivity index (χ0v) is 17.1. The van der Waals surface area contributed by atoms with Gasteiger partial charge in [0.2, 0.25) is 11.8 Å². The van der Waals surface area contributed by atoms with E-state index in [2.05, 4.69) is 10.6 Å². The van der Waals surface area contributed by atoms with E-state index in [0.29, 0.717) is 5.75 Å². The number of hydrogen-bond donors (Lipinski definition) is 2. The zero-order valence-electron chi connectivity index (χ0n) is 17.1. The molecule has 2 aromatic rings. The summed E-state index contributed by atoms with van der Waals surface area (Å²) in [4.78, 5) is 36.7. The number of benzene rings is 2. The normalized spacial score (nSPS) is 12.4. The van der Waals surface area contributed by atoms with Crippen LogP contribution in [0.2, 0.25) is 0 Å². The summed E-state index contributed by atoms with van der Waals surface area (Å²) in [6.07, 6.45) is 0.0905. The van der Waals surface area contributed by atoms with Crippen molar-refractivity contribution in [2.24, 2.45) is 0 Å². The molecule has 8 heteroatoms. The third kappa shape index (κ3) is 6.58. The van der Waals surface area contributed by atoms with Crippen molar-refractivity contribution in [1.29, 1.82) is 0 Å². The molecule has 2 N–H and O–H groups in total. The van der Waals surface area contributed by atoms with Gasteiger partial charge in [-0.1, -0.05) is 30.3 Å². The minimum atomic E-state index is -1.06. The van der Waals surface area contributed by atoms with E-state index in [9.17, 15) is 18.8 Å². The molecule has 0 aromatic heterocycles. The maximum absolute atomic E-state index is 14.0. The second-order valence-electron chi connectivity index (χ2n) is 6.69. The Hall–Kier alpha value is -3.42. The van der Waals surface area contributed by atoms with Gasteiger partial charge in [0.05, 0.1) is 14.2 Å². The fourth-order valence-electron chi connectivity index (χ4n) is 2.98. The number of esters is 1. The molecule has 0 saturated heterocycles. The van der Waals surface area contributed by atoms with Crippen LogP contribution >= 0.6 is 0 Å². The summed E-state index contributed by atoms with van der Waals surface area (Å²) < 4.78 is 24.0. The Bertz CT molecular complexity index is 903. The maximum atomic E-state index is 14.0. The first-order valence-electron chi connectivity index (χ1n) is 9.35. The van der Waals surface area contributed by atoms with E-state index in [4.69, 9.17) is 9.47 Å². The third-order valence-corrected chi connectivity index (χ3v) is 4.45. The van der Waals surface area contributed by atoms with Gasteiger partial charge in [-0.15, -0.1) is 0 Å². The molecule has 7 nitrogen and oxygen atoms in total. The molecule has 0 aliphatic heterocycles. The Morgan fingerprint density at radius 2 is 1.70 bits per heavy atom. The largest absolute Gasteiger partial charge is 0.497 e. The first kappa shape index (κ1) is 22.9. The van der Waals surface area contributed by atoms with Gasteiger partial charge in [-0.2, -0.15) is 0 Å². The topological polar surface area (TPSA) is 93.7 Å². The molecule has 2 atom stereocenters. The van der Waals surface area contributed by atoms with Crippen LogP contribution in [0.1, 0.15) is 18.1 Å². The lowest BCUT2D eigenvalue weighted by atomic mass is 10.0. The standard InChI is InChI=1S/C22H25FN2O5/c1-14(26)24-19(13-16-8-4-5-10-18(16)23)21(27)25-20(22(28)30-3)12-15-7-6-9-17(11-15)29-2/h4-11,19-20H,12-13H2,1-3H3,(H,24,26)(H,25,27)/t19-,20-/m0/s1. The number of carbonyl (C=O) groups is 3. The lowest BCUT2D eigenvalue weighted by molar-refractivity contribution is -0.145. The zero-order chi connectivity index (χ0) is 22.1. The molecule has 0 bridgehead atoms. The predicted octanol–water partition coefficient (Wildman–Crippen LogP) is 1.78. The molecule has 0 fully saturated rings. The summed E-state index contributed by atoms with van der Waals surface area (Å²) in [7, 11) is 2.75. The minimum absolute atomic E-state index is 0.0643. The number of methoxy groups -OCH3 is 2. The Morgan fingerprint density at radius 3 is 2.33 bits per heavy atom. The molecule has 30 heavy (non-hydrogen) atoms. The molecule has 2 amide bonds. The monoisotopic (exact) mass is 416 g/mol. The summed E-state index contributed by atoms with van der Waals surface area (Å²) in [5.74, 6) is -1.58. The molecule has 2 aromatic carbocycles. The summed E-state index contributed by atoms with van der Waals surface area (Å²) in [6.45, 7) is 1.26. The second kappa shape index (κ2) is 10.9. The molecule has 0 heterocycles. The first-order valence-corrected chi connectivity index (χ1v) is 9.35. The average Bonchev–Trinajstić information content (AvgIpc) is 2.73. The molecule has 0 aliphatic rings. The van der Waals surface area contributed by atoms with Crippen LogP contribution < -0.4 is 15.4 Å². The van der Waals surface area contributed by atoms with E-state index in [1.54, 1.807) is 30.3 Å². The van der Waals surface area contributed by atoms with Crippen LogP contribution in [0.3, 0.4) is 0 Å². The van der Waals surface area contributed by atoms with Crippen LogP contribution in [-0.2, 0) is 32.0 Å². The van der Waals surface area contributed by atoms with Gasteiger partial charge in [0.25, 0.3) is 0 Å². The van der Waals surface area contributed by atoms with Gasteiger partial charge < -0.3 is 20.1 Å². The van der Waals surface area contributed by atoms with Crippen LogP contribution in [-0.4, -0.2) is 44.1 Å². The van der Waals surface area contributed by atoms with Crippen molar-refractivity contribution in [2.75, 3.05) is 14.2 Å². The fourth-order valence-corrected chi connectivity index (χ4v) is 2.98. The van der Waals surface area contributed by atoms with Crippen LogP contribution in [0.5, 0.6) is 5.75 Å². The summed E-state index contributed by atoms with van der Waals surface area (Å²) in [5.41, 5.74) is 1.02. The van der Waals surface area contributed by atoms with E-state index in [1.807, 2.05) is 0 Å². The number of ether oxygens (including phenoxy) is 2. The van der Waals surface area contributed by atoms with Gasteiger partial charge in [0, 0.05) is 19.8 Å². The van der Waals surface area contributed by atoms with Gasteiger partial charge in [-0.3, -0.25) is 9.59 Å². The lowest BCUT2D eigenvalue weighted by Crippen LogP contribution is -2.53. The SMILES string of the molecule is COC(=O)[C@H](Cc1cccc(OC)c1)NC(=O)[C@H](Cc1ccccc1F)NC(C)=O. The Labute approximate surface area is 174 Å². The highest BCUT2D eigenvalue weighted by molar-refractivity contribution is 5.90. The molecule has 0 unspecified atom stereocenters. The van der Waals surface area contributed by atoms with E-state index in [0.717, 1.165) is 5.56 Å². The third-order valence-electron chi connectivity index (χ3n) is 4.45. The molecular formula is C22H25FN2O5. The Morgan fingerprint density at radius 1 is 0.967 bits per heavy atom. The van der Waals surface area contributed by atoms with Crippen molar-refractivity contribution in [2.45, 2.75) is 31.8 Å². The minimum Gasteiger partial charge on any atom is -0.497 e. The number of amides is 2. The van der Waals surface area contributed by atoms with Crippen molar-refractivity contribution in [3.8, 4) is 5.75 Å². The molecular weight excluding hydrogens is 391 g/mol. The van der Waals surface area contributed by atoms with E-state index < -0.39 is 35.7 Å². The lowest BCUT2D eigenvalue weighted by Gasteiger charge is -2.22. The molecule has 0 radical (unpaired) electrons. The summed E-state index contributed by atoms with van der Waals surface area (Å²) >= 11 is 0. The van der Waals surface area contributed by atoms with Gasteiger partial charge in [-0.25, -0.2) is 9.18 Å². The maximum Gasteiger partial charge on any atom is 0.328 e. The summed E-state index contributed by atoms with van der Waals surface area (Å²) in [6, 6.07) is 11.0. The van der Waals surface area contributed by atoms with Crippen molar-refractivity contribution in [1.82, 2.24) is 10.6 Å². The first-order chi connectivity index (χ1) is 14.3. The van der Waals surface area contributed by atoms with Crippen molar-refractivity contribution in [3.05, 3.63) is 65.5 Å². The van der Waals surface area contributed by atoms with Crippen LogP contribution in [0.15, 0.2) is 48.5 Å². The van der Waals surface area contributed by atoms with Gasteiger partial charge in [-0.05, 0) is 29.3 Å². The van der Waals surface area contributed by atoms with E-state index in [-0.39, 0.29) is 18.4 Å². The Kier molecular flexibility index (Phi) is 8.34. The highest BCUT2D eigenvalue weighted by Crippen LogP contribution is 2.15. The van der Waals surface area contributed by atoms with Crippen molar-refractivity contribution in [3.63, 3.8) is 0 Å². The molecule has 0 aliphatic carbocycles. The average molecular weight is 416 g/mol. The van der Waals surface area contributed by atoms with Gasteiger partial charge >= 0.3 is 5.97 Å². The van der Waals surface area contributed by atoms with Gasteiger partial charge in [0.15, 0.2) is 0 Å². The highest BCUT2D eigenvalue weighted by Gasteiger charge is 2.28. The quantitative estimate of drug-likeness (QED) is 0.608. The summed E-state index contributed by atoms with van der Waals surface area (Å²) in [5, 5.41) is 5.12. The number of rotatable bonds is 9. The van der Waals surface area contributed by atoms with Crippen LogP contribution in [0.4, 0.5) is 4.39 Å². The predicted molar refractivity (Wildman–Crippen MR) is 108 cm³/mol. The molecule has 0 spiro atoms. The number of carbonyl (C=O) groups excluding carboxylic acids is 3. The van der Waals surface area contributed by atoms with Crippen LogP contribution in [0.25, 0.3) is 0 Å². The fraction of sp³-hybridized carbons (Fsp3) is 0.318.